The van der Waals surface area contributed by atoms with E-state index in [0.29, 0.717) is 0 Å². The first-order chi connectivity index (χ1) is 15.1. The first kappa shape index (κ1) is 43.8. The molecule has 0 spiro atoms. The van der Waals surface area contributed by atoms with E-state index in [4.69, 9.17) is 35.7 Å². The van der Waals surface area contributed by atoms with Gasteiger partial charge in [-0.15, -0.1) is 0 Å². The van der Waals surface area contributed by atoms with Crippen molar-refractivity contribution in [2.45, 2.75) is 34.6 Å². The molecule has 12 nitrogen and oxygen atoms in total. The van der Waals surface area contributed by atoms with Crippen LogP contribution in [0.5, 0.6) is 0 Å². The number of aliphatic hydroxyl groups excluding tert-OH is 2. The average molecular weight is 493 g/mol. The van der Waals surface area contributed by atoms with Crippen molar-refractivity contribution >= 4 is 29.8 Å². The molecule has 0 aliphatic carbocycles. The van der Waals surface area contributed by atoms with Crippen LogP contribution < -0.4 is 0 Å². The molecule has 0 saturated carbocycles. The van der Waals surface area contributed by atoms with E-state index in [1.165, 1.54) is 34.6 Å². The van der Waals surface area contributed by atoms with E-state index in [-0.39, 0.29) is 41.1 Å². The molecule has 0 heterocycles. The zero-order chi connectivity index (χ0) is 29.2. The minimum absolute atomic E-state index is 0.125. The molecule has 0 rings (SSSR count). The zero-order valence-corrected chi connectivity index (χ0v) is 20.1. The van der Waals surface area contributed by atoms with Crippen LogP contribution >= 0.6 is 0 Å². The molecule has 34 heavy (non-hydrogen) atoms. The van der Waals surface area contributed by atoms with Crippen LogP contribution in [0.1, 0.15) is 34.6 Å². The van der Waals surface area contributed by atoms with Crippen LogP contribution in [-0.4, -0.2) is 78.8 Å². The number of carbonyl (C=O) groups is 5. The summed E-state index contributed by atoms with van der Waals surface area (Å²) >= 11 is 0. The number of hydrogen-bond donors (Lipinski definition) is 7. The second-order valence-corrected chi connectivity index (χ2v) is 5.87. The lowest BCUT2D eigenvalue weighted by molar-refractivity contribution is -0.133. The van der Waals surface area contributed by atoms with E-state index in [0.717, 1.165) is 0 Å². The second kappa shape index (κ2) is 29.0. The Bertz CT molecular complexity index is 529. The van der Waals surface area contributed by atoms with Crippen molar-refractivity contribution in [2.24, 2.45) is 0 Å². The first-order valence-corrected chi connectivity index (χ1v) is 8.79. The van der Waals surface area contributed by atoms with E-state index in [2.05, 4.69) is 32.9 Å². The Balaban J connectivity index is -0.0000000695. The molecule has 0 unspecified atom stereocenters. The van der Waals surface area contributed by atoms with Crippen molar-refractivity contribution in [2.75, 3.05) is 13.2 Å². The molecule has 0 atom stereocenters. The molecule has 0 amide bonds. The number of aliphatic hydroxyl groups is 2. The van der Waals surface area contributed by atoms with E-state index in [1.54, 1.807) is 0 Å². The minimum atomic E-state index is -0.935. The topological polar surface area (TPSA) is 227 Å². The third-order valence-corrected chi connectivity index (χ3v) is 1.93. The van der Waals surface area contributed by atoms with Gasteiger partial charge in [-0.05, 0) is 34.6 Å². The van der Waals surface area contributed by atoms with Crippen LogP contribution in [0, 0.1) is 0 Å². The lowest BCUT2D eigenvalue weighted by Crippen LogP contribution is -1.92. The monoisotopic (exact) mass is 492 g/mol. The van der Waals surface area contributed by atoms with Gasteiger partial charge >= 0.3 is 29.8 Å². The molecule has 0 aliphatic heterocycles. The predicted molar refractivity (Wildman–Crippen MR) is 126 cm³/mol. The maximum absolute atomic E-state index is 9.60. The molecule has 12 heteroatoms. The predicted octanol–water partition coefficient (Wildman–Crippen LogP) is 2.21. The van der Waals surface area contributed by atoms with E-state index in [9.17, 15) is 24.0 Å². The maximum Gasteiger partial charge on any atom is 0.330 e. The molecular formula is C22H36O12. The fraction of sp³-hybridized carbons (Fsp3) is 0.318. The SMILES string of the molecule is C=C(C)C(=O)O.C=C(C)C(=O)O.C=C(C)C(=O)O.C=C(C)C(=O)O.C=C(C)C(=O)O.OCCO. The van der Waals surface area contributed by atoms with Crippen LogP contribution in [0.2, 0.25) is 0 Å². The van der Waals surface area contributed by atoms with Gasteiger partial charge in [0.1, 0.15) is 0 Å². The Labute approximate surface area is 198 Å². The van der Waals surface area contributed by atoms with E-state index < -0.39 is 29.8 Å². The van der Waals surface area contributed by atoms with Gasteiger partial charge < -0.3 is 35.7 Å². The van der Waals surface area contributed by atoms with Gasteiger partial charge in [-0.25, -0.2) is 24.0 Å². The zero-order valence-electron chi connectivity index (χ0n) is 20.1. The summed E-state index contributed by atoms with van der Waals surface area (Å²) in [6.45, 7) is 22.8. The van der Waals surface area contributed by atoms with Gasteiger partial charge in [0.2, 0.25) is 0 Å². The van der Waals surface area contributed by atoms with Gasteiger partial charge in [0, 0.05) is 27.9 Å². The Hall–Kier alpha value is -4.03. The standard InChI is InChI=1S/5C4H6O2.C2H6O2/c5*1-3(2)4(5)6;3-1-2-4/h5*1H2,2H3,(H,5,6);3-4H,1-2H2. The van der Waals surface area contributed by atoms with Gasteiger partial charge in [0.25, 0.3) is 0 Å². The van der Waals surface area contributed by atoms with Gasteiger partial charge in [0.15, 0.2) is 0 Å². The highest BCUT2D eigenvalue weighted by Crippen LogP contribution is 1.83. The highest BCUT2D eigenvalue weighted by atomic mass is 16.4. The Morgan fingerprint density at radius 1 is 0.412 bits per heavy atom. The normalized spacial score (nSPS) is 7.50. The van der Waals surface area contributed by atoms with Gasteiger partial charge in [-0.2, -0.15) is 0 Å². The number of aliphatic carboxylic acids is 5. The first-order valence-electron chi connectivity index (χ1n) is 8.79. The lowest BCUT2D eigenvalue weighted by atomic mass is 10.4. The molecule has 0 aromatic rings. The van der Waals surface area contributed by atoms with Crippen LogP contribution in [0.15, 0.2) is 60.8 Å². The molecule has 196 valence electrons. The molecule has 0 saturated heterocycles. The fourth-order valence-electron chi connectivity index (χ4n) is 0. The molecule has 0 aliphatic rings. The molecule has 0 fully saturated rings. The number of rotatable bonds is 6. The average Bonchev–Trinajstić information content (AvgIpc) is 2.69. The summed E-state index contributed by atoms with van der Waals surface area (Å²) in [5, 5.41) is 54.7. The highest BCUT2D eigenvalue weighted by molar-refractivity contribution is 5.86. The third-order valence-electron chi connectivity index (χ3n) is 1.93. The lowest BCUT2D eigenvalue weighted by Gasteiger charge is -1.79. The summed E-state index contributed by atoms with van der Waals surface area (Å²) in [7, 11) is 0. The van der Waals surface area contributed by atoms with Crippen molar-refractivity contribution in [3.63, 3.8) is 0 Å². The number of hydrogen-bond acceptors (Lipinski definition) is 7. The van der Waals surface area contributed by atoms with Crippen molar-refractivity contribution in [1.29, 1.82) is 0 Å². The fourth-order valence-corrected chi connectivity index (χ4v) is 0. The van der Waals surface area contributed by atoms with Crippen LogP contribution in [0.4, 0.5) is 0 Å². The summed E-state index contributed by atoms with van der Waals surface area (Å²) in [5.74, 6) is -4.68. The maximum atomic E-state index is 9.60. The summed E-state index contributed by atoms with van der Waals surface area (Å²) in [6.07, 6.45) is 0. The summed E-state index contributed by atoms with van der Waals surface area (Å²) in [4.78, 5) is 48.0. The Morgan fingerprint density at radius 3 is 0.471 bits per heavy atom. The number of carboxylic acids is 5. The van der Waals surface area contributed by atoms with Crippen molar-refractivity contribution < 1.29 is 59.7 Å². The van der Waals surface area contributed by atoms with Crippen LogP contribution in [0.25, 0.3) is 0 Å². The summed E-state index contributed by atoms with van der Waals surface area (Å²) < 4.78 is 0. The summed E-state index contributed by atoms with van der Waals surface area (Å²) in [6, 6.07) is 0. The van der Waals surface area contributed by atoms with Gasteiger partial charge in [0.05, 0.1) is 13.2 Å². The van der Waals surface area contributed by atoms with Crippen LogP contribution in [0.3, 0.4) is 0 Å². The van der Waals surface area contributed by atoms with Gasteiger partial charge in [-0.1, -0.05) is 32.9 Å². The van der Waals surface area contributed by atoms with Gasteiger partial charge in [-0.3, -0.25) is 0 Å². The second-order valence-electron chi connectivity index (χ2n) is 5.87. The third kappa shape index (κ3) is 70.6. The molecule has 0 radical (unpaired) electrons. The van der Waals surface area contributed by atoms with Crippen molar-refractivity contribution in [1.82, 2.24) is 0 Å². The van der Waals surface area contributed by atoms with Crippen molar-refractivity contribution in [3.8, 4) is 0 Å². The summed E-state index contributed by atoms with van der Waals surface area (Å²) in [5.41, 5.74) is 0.880. The minimum Gasteiger partial charge on any atom is -0.478 e. The Morgan fingerprint density at radius 2 is 0.471 bits per heavy atom. The van der Waals surface area contributed by atoms with Crippen LogP contribution in [-0.2, 0) is 24.0 Å². The largest absolute Gasteiger partial charge is 0.478 e. The molecule has 7 N–H and O–H groups in total. The Kier molecular flexibility index (Phi) is 37.3. The number of carboxylic acid groups (broad SMARTS) is 5. The molecule has 0 aromatic carbocycles. The highest BCUT2D eigenvalue weighted by Gasteiger charge is 1.92. The molecular weight excluding hydrogens is 456 g/mol. The quantitative estimate of drug-likeness (QED) is 0.265. The van der Waals surface area contributed by atoms with E-state index in [1.807, 2.05) is 0 Å². The van der Waals surface area contributed by atoms with E-state index >= 15 is 0 Å². The molecule has 0 bridgehead atoms. The molecule has 0 aromatic heterocycles. The van der Waals surface area contributed by atoms with Crippen molar-refractivity contribution in [3.05, 3.63) is 60.8 Å². The smallest absolute Gasteiger partial charge is 0.330 e.